The van der Waals surface area contributed by atoms with Crippen LogP contribution in [0.15, 0.2) is 0 Å². The van der Waals surface area contributed by atoms with Crippen molar-refractivity contribution in [2.75, 3.05) is 7.05 Å². The monoisotopic (exact) mass is 199 g/mol. The lowest BCUT2D eigenvalue weighted by molar-refractivity contribution is 0.0533. The topological polar surface area (TPSA) is 3.24 Å². The number of hydrogen-bond donors (Lipinski definition) is 0. The molecule has 0 spiro atoms. The molecule has 2 unspecified atom stereocenters. The van der Waals surface area contributed by atoms with Crippen molar-refractivity contribution in [3.05, 3.63) is 0 Å². The Balaban J connectivity index is 4.56. The Hall–Kier alpha value is -0.0400. The molecule has 0 heterocycles. The molecule has 0 aliphatic rings. The summed E-state index contributed by atoms with van der Waals surface area (Å²) in [6, 6.07) is 0.620. The molecule has 86 valence electrons. The lowest BCUT2D eigenvalue weighted by Gasteiger charge is -2.43. The largest absolute Gasteiger partial charge is 0.299 e. The van der Waals surface area contributed by atoms with Gasteiger partial charge in [-0.1, -0.05) is 27.7 Å². The highest BCUT2D eigenvalue weighted by Gasteiger charge is 2.31. The molecular formula is C13H29N. The van der Waals surface area contributed by atoms with Gasteiger partial charge in [-0.2, -0.15) is 0 Å². The van der Waals surface area contributed by atoms with Crippen molar-refractivity contribution < 1.29 is 0 Å². The zero-order valence-corrected chi connectivity index (χ0v) is 11.6. The van der Waals surface area contributed by atoms with Gasteiger partial charge in [0.15, 0.2) is 0 Å². The van der Waals surface area contributed by atoms with Crippen molar-refractivity contribution in [2.24, 2.45) is 11.3 Å². The van der Waals surface area contributed by atoms with Crippen LogP contribution in [-0.2, 0) is 0 Å². The minimum absolute atomic E-state index is 0.263. The molecule has 1 nitrogen and oxygen atoms in total. The molecule has 0 N–H and O–H groups in total. The van der Waals surface area contributed by atoms with Crippen molar-refractivity contribution in [1.82, 2.24) is 4.90 Å². The van der Waals surface area contributed by atoms with Gasteiger partial charge in [0.25, 0.3) is 0 Å². The zero-order chi connectivity index (χ0) is 11.7. The summed E-state index contributed by atoms with van der Waals surface area (Å²) >= 11 is 0. The van der Waals surface area contributed by atoms with E-state index in [2.05, 4.69) is 67.3 Å². The molecule has 0 saturated heterocycles. The Morgan fingerprint density at radius 1 is 0.857 bits per heavy atom. The summed E-state index contributed by atoms with van der Waals surface area (Å²) in [6.07, 6.45) is 0. The summed E-state index contributed by atoms with van der Waals surface area (Å²) in [6.45, 7) is 18.5. The molecule has 0 aliphatic heterocycles. The van der Waals surface area contributed by atoms with Gasteiger partial charge in [-0.3, -0.25) is 4.90 Å². The summed E-state index contributed by atoms with van der Waals surface area (Å²) in [5.41, 5.74) is 0.651. The molecule has 1 heteroatoms. The fraction of sp³-hybridized carbons (Fsp3) is 1.00. The lowest BCUT2D eigenvalue weighted by Crippen LogP contribution is -2.49. The van der Waals surface area contributed by atoms with E-state index in [1.807, 2.05) is 0 Å². The van der Waals surface area contributed by atoms with Crippen LogP contribution >= 0.6 is 0 Å². The van der Waals surface area contributed by atoms with Crippen LogP contribution in [-0.4, -0.2) is 23.5 Å². The van der Waals surface area contributed by atoms with E-state index in [4.69, 9.17) is 0 Å². The van der Waals surface area contributed by atoms with Crippen LogP contribution in [0.2, 0.25) is 0 Å². The quantitative estimate of drug-likeness (QED) is 0.654. The van der Waals surface area contributed by atoms with Crippen LogP contribution in [0, 0.1) is 11.3 Å². The number of rotatable bonds is 2. The molecule has 0 fully saturated rings. The summed E-state index contributed by atoms with van der Waals surface area (Å²) in [5, 5.41) is 0. The first-order valence-corrected chi connectivity index (χ1v) is 5.71. The standard InChI is InChI=1S/C13H29N/c1-10(12(3,4)5)11(2)14(9)13(6,7)8/h10-11H,1-9H3. The van der Waals surface area contributed by atoms with Gasteiger partial charge in [0.1, 0.15) is 0 Å². The average Bonchev–Trinajstić information content (AvgIpc) is 1.97. The van der Waals surface area contributed by atoms with E-state index in [0.29, 0.717) is 17.4 Å². The van der Waals surface area contributed by atoms with Gasteiger partial charge in [0.05, 0.1) is 0 Å². The van der Waals surface area contributed by atoms with Gasteiger partial charge in [-0.25, -0.2) is 0 Å². The first-order valence-electron chi connectivity index (χ1n) is 5.71. The summed E-state index contributed by atoms with van der Waals surface area (Å²) in [5.74, 6) is 0.701. The summed E-state index contributed by atoms with van der Waals surface area (Å²) in [7, 11) is 2.23. The maximum Gasteiger partial charge on any atom is 0.0124 e. The SMILES string of the molecule is CC(C(C)C(C)(C)C)N(C)C(C)(C)C. The summed E-state index contributed by atoms with van der Waals surface area (Å²) < 4.78 is 0. The average molecular weight is 199 g/mol. The zero-order valence-electron chi connectivity index (χ0n) is 11.6. The summed E-state index contributed by atoms with van der Waals surface area (Å²) in [4.78, 5) is 2.48. The van der Waals surface area contributed by atoms with Crippen LogP contribution in [0.5, 0.6) is 0 Å². The van der Waals surface area contributed by atoms with E-state index in [1.165, 1.54) is 0 Å². The molecule has 0 aromatic rings. The highest BCUT2D eigenvalue weighted by Crippen LogP contribution is 2.32. The predicted molar refractivity (Wildman–Crippen MR) is 65.6 cm³/mol. The van der Waals surface area contributed by atoms with Crippen LogP contribution in [0.3, 0.4) is 0 Å². The van der Waals surface area contributed by atoms with Crippen molar-refractivity contribution >= 4 is 0 Å². The maximum atomic E-state index is 2.48. The van der Waals surface area contributed by atoms with Gasteiger partial charge in [-0.05, 0) is 46.1 Å². The molecule has 0 aromatic carbocycles. The highest BCUT2D eigenvalue weighted by molar-refractivity contribution is 4.85. The predicted octanol–water partition coefficient (Wildman–Crippen LogP) is 3.79. The van der Waals surface area contributed by atoms with E-state index in [9.17, 15) is 0 Å². The van der Waals surface area contributed by atoms with Crippen molar-refractivity contribution in [3.8, 4) is 0 Å². The first-order chi connectivity index (χ1) is 5.98. The molecule has 0 rings (SSSR count). The second-order valence-electron chi connectivity index (χ2n) is 6.68. The third-order valence-corrected chi connectivity index (χ3v) is 3.76. The van der Waals surface area contributed by atoms with Crippen LogP contribution in [0.25, 0.3) is 0 Å². The van der Waals surface area contributed by atoms with E-state index in [1.54, 1.807) is 0 Å². The molecule has 0 amide bonds. The minimum atomic E-state index is 0.263. The van der Waals surface area contributed by atoms with Crippen LogP contribution < -0.4 is 0 Å². The normalized spacial score (nSPS) is 18.4. The van der Waals surface area contributed by atoms with E-state index in [-0.39, 0.29) is 5.54 Å². The van der Waals surface area contributed by atoms with E-state index < -0.39 is 0 Å². The molecule has 0 aromatic heterocycles. The van der Waals surface area contributed by atoms with Crippen LogP contribution in [0.4, 0.5) is 0 Å². The molecule has 2 atom stereocenters. The Kier molecular flexibility index (Phi) is 4.21. The molecule has 0 aliphatic carbocycles. The number of nitrogens with zero attached hydrogens (tertiary/aromatic N) is 1. The lowest BCUT2D eigenvalue weighted by atomic mass is 9.77. The fourth-order valence-electron chi connectivity index (χ4n) is 1.67. The Bertz CT molecular complexity index is 151. The maximum absolute atomic E-state index is 2.48. The van der Waals surface area contributed by atoms with Gasteiger partial charge in [0.2, 0.25) is 0 Å². The van der Waals surface area contributed by atoms with Crippen LogP contribution in [0.1, 0.15) is 55.4 Å². The molecule has 0 bridgehead atoms. The molecule has 0 radical (unpaired) electrons. The van der Waals surface area contributed by atoms with Crippen molar-refractivity contribution in [1.29, 1.82) is 0 Å². The Labute approximate surface area is 90.9 Å². The Morgan fingerprint density at radius 3 is 1.43 bits per heavy atom. The van der Waals surface area contributed by atoms with Gasteiger partial charge >= 0.3 is 0 Å². The van der Waals surface area contributed by atoms with E-state index >= 15 is 0 Å². The number of hydrogen-bond acceptors (Lipinski definition) is 1. The van der Waals surface area contributed by atoms with Gasteiger partial charge < -0.3 is 0 Å². The minimum Gasteiger partial charge on any atom is -0.299 e. The highest BCUT2D eigenvalue weighted by atomic mass is 15.2. The second-order valence-corrected chi connectivity index (χ2v) is 6.68. The first kappa shape index (κ1) is 14.0. The third-order valence-electron chi connectivity index (χ3n) is 3.76. The van der Waals surface area contributed by atoms with Gasteiger partial charge in [-0.15, -0.1) is 0 Å². The fourth-order valence-corrected chi connectivity index (χ4v) is 1.67. The third kappa shape index (κ3) is 3.61. The second kappa shape index (κ2) is 4.22. The van der Waals surface area contributed by atoms with Crippen molar-refractivity contribution in [2.45, 2.75) is 67.0 Å². The molecule has 0 saturated carbocycles. The van der Waals surface area contributed by atoms with Gasteiger partial charge in [0, 0.05) is 11.6 Å². The van der Waals surface area contributed by atoms with Crippen molar-refractivity contribution in [3.63, 3.8) is 0 Å². The smallest absolute Gasteiger partial charge is 0.0124 e. The molecular weight excluding hydrogens is 170 g/mol. The van der Waals surface area contributed by atoms with E-state index in [0.717, 1.165) is 0 Å². The molecule has 14 heavy (non-hydrogen) atoms. The Morgan fingerprint density at radius 2 is 1.21 bits per heavy atom.